The van der Waals surface area contributed by atoms with Crippen molar-refractivity contribution in [3.8, 4) is 0 Å². The molecule has 2 N–H and O–H groups in total. The number of guanidine groups is 1. The largest absolute Gasteiger partial charge is 0.411 e. The molecule has 1 aliphatic heterocycles. The van der Waals surface area contributed by atoms with E-state index in [4.69, 9.17) is 4.74 Å². The molecule has 160 valence electrons. The van der Waals surface area contributed by atoms with Gasteiger partial charge in [-0.2, -0.15) is 13.2 Å². The summed E-state index contributed by atoms with van der Waals surface area (Å²) in [6.07, 6.45) is -1.56. The highest BCUT2D eigenvalue weighted by molar-refractivity contribution is 5.79. The first kappa shape index (κ1) is 24.0. The van der Waals surface area contributed by atoms with Gasteiger partial charge in [0.1, 0.15) is 6.61 Å². The molecular formula is C18H35F3N4O2. The highest BCUT2D eigenvalue weighted by Gasteiger charge is 2.28. The average molecular weight is 396 g/mol. The van der Waals surface area contributed by atoms with Gasteiger partial charge in [0, 0.05) is 45.9 Å². The van der Waals surface area contributed by atoms with Crippen LogP contribution in [0.15, 0.2) is 4.99 Å². The fraction of sp³-hybridized carbons (Fsp3) is 0.944. The number of alkyl halides is 3. The minimum Gasteiger partial charge on any atom is -0.379 e. The maximum absolute atomic E-state index is 12.0. The molecule has 27 heavy (non-hydrogen) atoms. The number of halogens is 3. The smallest absolute Gasteiger partial charge is 0.379 e. The zero-order valence-corrected chi connectivity index (χ0v) is 16.8. The maximum Gasteiger partial charge on any atom is 0.411 e. The lowest BCUT2D eigenvalue weighted by Gasteiger charge is -2.39. The van der Waals surface area contributed by atoms with E-state index in [1.165, 1.54) is 0 Å². The Morgan fingerprint density at radius 1 is 1.19 bits per heavy atom. The van der Waals surface area contributed by atoms with E-state index in [1.54, 1.807) is 7.05 Å². The minimum absolute atomic E-state index is 0.0631. The van der Waals surface area contributed by atoms with Crippen LogP contribution in [0, 0.1) is 5.92 Å². The van der Waals surface area contributed by atoms with Crippen LogP contribution in [0.1, 0.15) is 33.1 Å². The average Bonchev–Trinajstić information content (AvgIpc) is 2.65. The summed E-state index contributed by atoms with van der Waals surface area (Å²) in [5.41, 5.74) is 0. The van der Waals surface area contributed by atoms with Crippen LogP contribution < -0.4 is 10.6 Å². The van der Waals surface area contributed by atoms with Crippen LogP contribution in [0.2, 0.25) is 0 Å². The predicted molar refractivity (Wildman–Crippen MR) is 101 cm³/mol. The Morgan fingerprint density at radius 3 is 2.41 bits per heavy atom. The molecule has 0 radical (unpaired) electrons. The molecule has 0 saturated carbocycles. The van der Waals surface area contributed by atoms with Crippen LogP contribution >= 0.6 is 0 Å². The van der Waals surface area contributed by atoms with Crippen molar-refractivity contribution < 1.29 is 22.6 Å². The Kier molecular flexibility index (Phi) is 11.7. The van der Waals surface area contributed by atoms with E-state index in [0.717, 1.165) is 45.7 Å². The lowest BCUT2D eigenvalue weighted by Crippen LogP contribution is -2.53. The number of nitrogens with zero attached hydrogens (tertiary/aromatic N) is 2. The molecule has 6 nitrogen and oxygen atoms in total. The van der Waals surface area contributed by atoms with E-state index in [9.17, 15) is 13.2 Å². The van der Waals surface area contributed by atoms with Gasteiger partial charge in [-0.1, -0.05) is 26.7 Å². The maximum atomic E-state index is 12.0. The number of morpholine rings is 1. The van der Waals surface area contributed by atoms with Crippen molar-refractivity contribution in [3.05, 3.63) is 0 Å². The molecule has 1 saturated heterocycles. The summed E-state index contributed by atoms with van der Waals surface area (Å²) in [5.74, 6) is 1.25. The van der Waals surface area contributed by atoms with Gasteiger partial charge >= 0.3 is 6.18 Å². The molecule has 0 aromatic rings. The highest BCUT2D eigenvalue weighted by Crippen LogP contribution is 2.19. The third-order valence-electron chi connectivity index (χ3n) is 4.83. The third-order valence-corrected chi connectivity index (χ3v) is 4.83. The second-order valence-corrected chi connectivity index (χ2v) is 6.69. The van der Waals surface area contributed by atoms with E-state index in [1.807, 2.05) is 0 Å². The SMILES string of the molecule is CCC(CC)C(CNC(=NC)NCCCOCC(F)(F)F)N1CCOCC1. The lowest BCUT2D eigenvalue weighted by atomic mass is 9.92. The summed E-state index contributed by atoms with van der Waals surface area (Å²) in [6.45, 7) is 7.98. The van der Waals surface area contributed by atoms with Crippen molar-refractivity contribution in [1.29, 1.82) is 0 Å². The normalized spacial score (nSPS) is 18.0. The fourth-order valence-electron chi connectivity index (χ4n) is 3.33. The van der Waals surface area contributed by atoms with E-state index < -0.39 is 12.8 Å². The summed E-state index contributed by atoms with van der Waals surface area (Å²) in [6, 6.07) is 0.401. The molecule has 1 heterocycles. The van der Waals surface area contributed by atoms with E-state index >= 15 is 0 Å². The van der Waals surface area contributed by atoms with Crippen LogP contribution in [0.3, 0.4) is 0 Å². The predicted octanol–water partition coefficient (Wildman–Crippen LogP) is 2.26. The first-order chi connectivity index (χ1) is 12.9. The Hall–Kier alpha value is -1.06. The zero-order valence-electron chi connectivity index (χ0n) is 16.8. The van der Waals surface area contributed by atoms with Crippen molar-refractivity contribution in [1.82, 2.24) is 15.5 Å². The first-order valence-corrected chi connectivity index (χ1v) is 9.82. The zero-order chi connectivity index (χ0) is 20.1. The van der Waals surface area contributed by atoms with Gasteiger partial charge in [-0.3, -0.25) is 9.89 Å². The highest BCUT2D eigenvalue weighted by atomic mass is 19.4. The molecule has 0 aliphatic carbocycles. The van der Waals surface area contributed by atoms with Gasteiger partial charge < -0.3 is 20.1 Å². The number of rotatable bonds is 11. The number of nitrogens with one attached hydrogen (secondary N) is 2. The van der Waals surface area contributed by atoms with Crippen molar-refractivity contribution in [2.45, 2.75) is 45.3 Å². The summed E-state index contributed by atoms with van der Waals surface area (Å²) in [7, 11) is 1.69. The van der Waals surface area contributed by atoms with Crippen molar-refractivity contribution in [3.63, 3.8) is 0 Å². The molecule has 0 aromatic carbocycles. The van der Waals surface area contributed by atoms with Gasteiger partial charge in [-0.05, 0) is 12.3 Å². The van der Waals surface area contributed by atoms with E-state index in [2.05, 4.69) is 39.1 Å². The number of aliphatic imine (C=N–C) groups is 1. The van der Waals surface area contributed by atoms with Gasteiger partial charge in [-0.15, -0.1) is 0 Å². The molecule has 9 heteroatoms. The number of ether oxygens (including phenoxy) is 2. The van der Waals surface area contributed by atoms with Crippen LogP contribution in [0.25, 0.3) is 0 Å². The number of hydrogen-bond donors (Lipinski definition) is 2. The van der Waals surface area contributed by atoms with E-state index in [0.29, 0.717) is 30.9 Å². The summed E-state index contributed by atoms with van der Waals surface area (Å²) < 4.78 is 46.1. The van der Waals surface area contributed by atoms with Gasteiger partial charge in [0.25, 0.3) is 0 Å². The van der Waals surface area contributed by atoms with Crippen LogP contribution in [0.5, 0.6) is 0 Å². The molecular weight excluding hydrogens is 361 g/mol. The monoisotopic (exact) mass is 396 g/mol. The molecule has 1 rings (SSSR count). The summed E-state index contributed by atoms with van der Waals surface area (Å²) >= 11 is 0. The summed E-state index contributed by atoms with van der Waals surface area (Å²) in [4.78, 5) is 6.68. The first-order valence-electron chi connectivity index (χ1n) is 9.82. The van der Waals surface area contributed by atoms with Crippen LogP contribution in [-0.2, 0) is 9.47 Å². The van der Waals surface area contributed by atoms with Crippen LogP contribution in [0.4, 0.5) is 13.2 Å². The van der Waals surface area contributed by atoms with Gasteiger partial charge in [0.05, 0.1) is 13.2 Å². The summed E-state index contributed by atoms with van der Waals surface area (Å²) in [5, 5.41) is 6.50. The van der Waals surface area contributed by atoms with Crippen molar-refractivity contribution >= 4 is 5.96 Å². The molecule has 1 unspecified atom stereocenters. The standard InChI is InChI=1S/C18H35F3N4O2/c1-4-15(5-2)16(25-8-11-26-12-9-25)13-24-17(22-3)23-7-6-10-27-14-18(19,20)21/h15-16H,4-14H2,1-3H3,(H2,22,23,24). The molecule has 0 bridgehead atoms. The molecule has 0 amide bonds. The van der Waals surface area contributed by atoms with Gasteiger partial charge in [0.2, 0.25) is 0 Å². The second-order valence-electron chi connectivity index (χ2n) is 6.69. The second kappa shape index (κ2) is 13.2. The molecule has 1 fully saturated rings. The Bertz CT molecular complexity index is 412. The Labute approximate surface area is 160 Å². The molecule has 0 aromatic heterocycles. The molecule has 0 spiro atoms. The van der Waals surface area contributed by atoms with E-state index in [-0.39, 0.29) is 6.61 Å². The molecule has 1 atom stereocenters. The minimum atomic E-state index is -4.27. The van der Waals surface area contributed by atoms with Crippen LogP contribution in [-0.4, -0.2) is 82.7 Å². The van der Waals surface area contributed by atoms with Gasteiger partial charge in [0.15, 0.2) is 5.96 Å². The van der Waals surface area contributed by atoms with Crippen molar-refractivity contribution in [2.24, 2.45) is 10.9 Å². The lowest BCUT2D eigenvalue weighted by molar-refractivity contribution is -0.173. The quantitative estimate of drug-likeness (QED) is 0.319. The Balaban J connectivity index is 2.38. The third kappa shape index (κ3) is 10.2. The molecule has 1 aliphatic rings. The topological polar surface area (TPSA) is 58.1 Å². The van der Waals surface area contributed by atoms with Gasteiger partial charge in [-0.25, -0.2) is 0 Å². The van der Waals surface area contributed by atoms with Crippen molar-refractivity contribution in [2.75, 3.05) is 59.7 Å². The number of hydrogen-bond acceptors (Lipinski definition) is 4. The Morgan fingerprint density at radius 2 is 1.85 bits per heavy atom. The fourth-order valence-corrected chi connectivity index (χ4v) is 3.33.